The predicted molar refractivity (Wildman–Crippen MR) is 140 cm³/mol. The topological polar surface area (TPSA) is 109 Å². The van der Waals surface area contributed by atoms with E-state index in [1.54, 1.807) is 58.0 Å². The molecule has 0 aliphatic heterocycles. The van der Waals surface area contributed by atoms with Crippen molar-refractivity contribution in [2.24, 2.45) is 0 Å². The molecule has 0 amide bonds. The zero-order chi connectivity index (χ0) is 27.1. The van der Waals surface area contributed by atoms with Gasteiger partial charge in [-0.1, -0.05) is 12.1 Å². The third kappa shape index (κ3) is 6.58. The van der Waals surface area contributed by atoms with E-state index < -0.39 is 26.4 Å². The maximum atomic E-state index is 14.0. The summed E-state index contributed by atoms with van der Waals surface area (Å²) in [7, 11) is -8.06. The van der Waals surface area contributed by atoms with Crippen LogP contribution in [0.4, 0.5) is 4.39 Å². The van der Waals surface area contributed by atoms with Gasteiger partial charge in [0, 0.05) is 17.5 Å². The summed E-state index contributed by atoms with van der Waals surface area (Å²) < 4.78 is 65.7. The van der Waals surface area contributed by atoms with Gasteiger partial charge < -0.3 is 23.2 Å². The quantitative estimate of drug-likeness (QED) is 0.217. The molecule has 0 spiro atoms. The van der Waals surface area contributed by atoms with E-state index in [1.807, 2.05) is 0 Å². The molecule has 9 nitrogen and oxygen atoms in total. The van der Waals surface area contributed by atoms with Crippen molar-refractivity contribution in [3.8, 4) is 22.7 Å². The average molecular weight is 554 g/mol. The molecule has 3 aromatic rings. The number of hydrogen-bond donors (Lipinski definition) is 1. The largest absolute Gasteiger partial charge is 0.507 e. The highest BCUT2D eigenvalue weighted by molar-refractivity contribution is 7.72. The Labute approximate surface area is 216 Å². The number of phenolic OH excluding ortho intramolecular Hbond substituents is 1. The van der Waals surface area contributed by atoms with Crippen LogP contribution in [0.5, 0.6) is 5.75 Å². The second kappa shape index (κ2) is 13.0. The number of phenols is 1. The highest BCUT2D eigenvalue weighted by Gasteiger charge is 2.51. The zero-order valence-corrected chi connectivity index (χ0v) is 23.2. The van der Waals surface area contributed by atoms with Gasteiger partial charge in [0.2, 0.25) is 0 Å². The van der Waals surface area contributed by atoms with Crippen LogP contribution in [0.25, 0.3) is 16.9 Å². The lowest BCUT2D eigenvalue weighted by molar-refractivity contribution is 0.195. The van der Waals surface area contributed by atoms with E-state index in [0.29, 0.717) is 22.5 Å². The molecule has 202 valence electrons. The maximum Gasteiger partial charge on any atom is 0.346 e. The van der Waals surface area contributed by atoms with Gasteiger partial charge in [0.05, 0.1) is 44.0 Å². The smallest absolute Gasteiger partial charge is 0.346 e. The molecular formula is C25H33FN2O7P2. The lowest BCUT2D eigenvalue weighted by Gasteiger charge is -2.31. The van der Waals surface area contributed by atoms with Gasteiger partial charge in [-0.15, -0.1) is 0 Å². The van der Waals surface area contributed by atoms with Crippen LogP contribution in [0.2, 0.25) is 0 Å². The summed E-state index contributed by atoms with van der Waals surface area (Å²) in [6.45, 7) is 6.84. The molecule has 1 heterocycles. The molecule has 0 saturated carbocycles. The summed E-state index contributed by atoms with van der Waals surface area (Å²) in [4.78, 5) is 0. The Balaban J connectivity index is 2.25. The normalized spacial score (nSPS) is 12.4. The molecular weight excluding hydrogens is 521 g/mol. The fourth-order valence-corrected chi connectivity index (χ4v) is 9.31. The molecule has 1 N–H and O–H groups in total. The van der Waals surface area contributed by atoms with Gasteiger partial charge in [-0.05, 0) is 64.1 Å². The van der Waals surface area contributed by atoms with Gasteiger partial charge in [0.25, 0.3) is 0 Å². The van der Waals surface area contributed by atoms with E-state index in [2.05, 4.69) is 5.10 Å². The first-order chi connectivity index (χ1) is 17.7. The van der Waals surface area contributed by atoms with E-state index in [1.165, 1.54) is 29.1 Å². The summed E-state index contributed by atoms with van der Waals surface area (Å²) in [6, 6.07) is 12.3. The molecule has 37 heavy (non-hydrogen) atoms. The number of aromatic nitrogens is 2. The van der Waals surface area contributed by atoms with Crippen molar-refractivity contribution in [1.82, 2.24) is 9.78 Å². The molecule has 0 fully saturated rings. The molecule has 3 rings (SSSR count). The minimum atomic E-state index is -4.03. The van der Waals surface area contributed by atoms with Crippen molar-refractivity contribution >= 4 is 15.2 Å². The van der Waals surface area contributed by atoms with Gasteiger partial charge in [-0.2, -0.15) is 5.10 Å². The Morgan fingerprint density at radius 2 is 1.38 bits per heavy atom. The number of hydrogen-bond acceptors (Lipinski definition) is 8. The summed E-state index contributed by atoms with van der Waals surface area (Å²) in [6.07, 6.45) is 1.39. The number of halogens is 1. The van der Waals surface area contributed by atoms with Gasteiger partial charge in [0.15, 0.2) is 5.40 Å². The molecule has 0 aliphatic carbocycles. The molecule has 0 bridgehead atoms. The van der Waals surface area contributed by atoms with Gasteiger partial charge in [-0.25, -0.2) is 9.07 Å². The summed E-state index contributed by atoms with van der Waals surface area (Å²) in [5, 5.41) is 13.9. The van der Waals surface area contributed by atoms with Crippen LogP contribution < -0.4 is 0 Å². The number of aromatic hydroxyl groups is 1. The van der Waals surface area contributed by atoms with Crippen LogP contribution in [0.3, 0.4) is 0 Å². The second-order valence-corrected chi connectivity index (χ2v) is 12.7. The van der Waals surface area contributed by atoms with E-state index >= 15 is 0 Å². The van der Waals surface area contributed by atoms with Crippen LogP contribution in [0.15, 0.2) is 54.7 Å². The number of para-hydroxylation sites is 1. The number of nitrogens with zero attached hydrogens (tertiary/aromatic N) is 2. The van der Waals surface area contributed by atoms with Crippen LogP contribution >= 0.6 is 15.2 Å². The fourth-order valence-electron chi connectivity index (χ4n) is 4.00. The Morgan fingerprint density at radius 1 is 0.865 bits per heavy atom. The summed E-state index contributed by atoms with van der Waals surface area (Å²) in [5.41, 5.74) is 1.87. The molecule has 1 aromatic heterocycles. The second-order valence-electron chi connectivity index (χ2n) is 7.86. The van der Waals surface area contributed by atoms with E-state index in [-0.39, 0.29) is 38.6 Å². The predicted octanol–water partition coefficient (Wildman–Crippen LogP) is 6.78. The van der Waals surface area contributed by atoms with E-state index in [0.717, 1.165) is 0 Å². The minimum absolute atomic E-state index is 0.0280. The van der Waals surface area contributed by atoms with Gasteiger partial charge >= 0.3 is 15.2 Å². The van der Waals surface area contributed by atoms with Crippen molar-refractivity contribution in [2.45, 2.75) is 39.5 Å². The highest BCUT2D eigenvalue weighted by atomic mass is 31.2. The maximum absolute atomic E-state index is 14.0. The average Bonchev–Trinajstić information content (AvgIpc) is 3.27. The minimum Gasteiger partial charge on any atom is -0.507 e. The zero-order valence-electron chi connectivity index (χ0n) is 21.4. The van der Waals surface area contributed by atoms with Crippen molar-refractivity contribution in [3.05, 3.63) is 66.1 Å². The molecule has 0 radical (unpaired) electrons. The lowest BCUT2D eigenvalue weighted by atomic mass is 10.0. The first-order valence-electron chi connectivity index (χ1n) is 12.1. The Kier molecular flexibility index (Phi) is 10.2. The van der Waals surface area contributed by atoms with Gasteiger partial charge in [-0.3, -0.25) is 9.13 Å². The van der Waals surface area contributed by atoms with Crippen molar-refractivity contribution in [3.63, 3.8) is 0 Å². The van der Waals surface area contributed by atoms with Crippen LogP contribution in [-0.2, 0) is 33.6 Å². The molecule has 2 aromatic carbocycles. The SMILES string of the molecule is CCOP(=O)(OCC)C(Cc1cnn(-c2ccc(F)cc2)c1-c1ccccc1O)P(=O)(OCC)OCC. The van der Waals surface area contributed by atoms with Crippen molar-refractivity contribution < 1.29 is 36.7 Å². The lowest BCUT2D eigenvalue weighted by Crippen LogP contribution is -2.20. The molecule has 0 saturated heterocycles. The van der Waals surface area contributed by atoms with Crippen LogP contribution in [0, 0.1) is 5.82 Å². The third-order valence-electron chi connectivity index (χ3n) is 5.44. The third-order valence-corrected chi connectivity index (χ3v) is 11.4. The first-order valence-corrected chi connectivity index (χ1v) is 15.3. The van der Waals surface area contributed by atoms with Crippen molar-refractivity contribution in [1.29, 1.82) is 0 Å². The molecule has 0 atom stereocenters. The Hall–Kier alpha value is -2.32. The number of benzene rings is 2. The first kappa shape index (κ1) is 29.2. The molecule has 0 unspecified atom stereocenters. The molecule has 12 heteroatoms. The fraction of sp³-hybridized carbons (Fsp3) is 0.400. The number of rotatable bonds is 14. The summed E-state index contributed by atoms with van der Waals surface area (Å²) in [5.74, 6) is -0.441. The Morgan fingerprint density at radius 3 is 1.86 bits per heavy atom. The monoisotopic (exact) mass is 554 g/mol. The van der Waals surface area contributed by atoms with E-state index in [9.17, 15) is 18.6 Å². The highest BCUT2D eigenvalue weighted by Crippen LogP contribution is 2.71. The molecule has 0 aliphatic rings. The van der Waals surface area contributed by atoms with E-state index in [4.69, 9.17) is 18.1 Å². The van der Waals surface area contributed by atoms with Crippen molar-refractivity contribution in [2.75, 3.05) is 26.4 Å². The standard InChI is InChI=1S/C25H33FN2O7P2/c1-5-32-36(30,33-6-2)24(37(31,34-7-3)35-8-4)17-19-18-27-28(21-15-13-20(26)14-16-21)25(19)22-11-9-10-12-23(22)29/h9-16,18,24,29H,5-8,17H2,1-4H3. The summed E-state index contributed by atoms with van der Waals surface area (Å²) >= 11 is 0. The van der Waals surface area contributed by atoms with Crippen LogP contribution in [-0.4, -0.2) is 46.7 Å². The Bertz CT molecular complexity index is 1220. The van der Waals surface area contributed by atoms with Crippen LogP contribution in [0.1, 0.15) is 33.3 Å². The van der Waals surface area contributed by atoms with Gasteiger partial charge in [0.1, 0.15) is 11.6 Å².